The standard InChI is InChI=1S/C22H33N3O3S2/c1-28-22(27)19(10-12-30-2)24-21(26)20-13-17(16-7-4-3-5-8-16)14-25(20)11-6-9-18(23)15-29/h3-9,17-20,29H,10-15,23H2,1-2H3,(H,24,26)/b9-6+/t17-,18+,19-,20-/m0/s1. The van der Waals surface area contributed by atoms with Gasteiger partial charge in [-0.05, 0) is 36.3 Å². The lowest BCUT2D eigenvalue weighted by molar-refractivity contribution is -0.145. The van der Waals surface area contributed by atoms with E-state index in [1.165, 1.54) is 12.7 Å². The minimum atomic E-state index is -0.624. The maximum atomic E-state index is 13.2. The van der Waals surface area contributed by atoms with Crippen molar-refractivity contribution in [1.29, 1.82) is 0 Å². The SMILES string of the molecule is COC(=O)[C@H](CCSC)NC(=O)[C@@H]1C[C@H](c2ccccc2)CN1C/C=C/[C@@H](N)CS. The smallest absolute Gasteiger partial charge is 0.328 e. The first-order chi connectivity index (χ1) is 14.5. The van der Waals surface area contributed by atoms with Crippen molar-refractivity contribution in [2.24, 2.45) is 5.73 Å². The molecule has 1 aromatic carbocycles. The van der Waals surface area contributed by atoms with Gasteiger partial charge in [0.15, 0.2) is 0 Å². The number of nitrogens with two attached hydrogens (primary N) is 1. The summed E-state index contributed by atoms with van der Waals surface area (Å²) < 4.78 is 4.89. The van der Waals surface area contributed by atoms with Crippen molar-refractivity contribution >= 4 is 36.3 Å². The summed E-state index contributed by atoms with van der Waals surface area (Å²) >= 11 is 5.84. The fourth-order valence-electron chi connectivity index (χ4n) is 3.67. The molecular weight excluding hydrogens is 418 g/mol. The molecule has 0 spiro atoms. The maximum Gasteiger partial charge on any atom is 0.328 e. The Morgan fingerprint density at radius 3 is 2.77 bits per heavy atom. The Bertz CT molecular complexity index is 702. The third kappa shape index (κ3) is 7.34. The Morgan fingerprint density at radius 2 is 2.13 bits per heavy atom. The van der Waals surface area contributed by atoms with E-state index in [4.69, 9.17) is 10.5 Å². The summed E-state index contributed by atoms with van der Waals surface area (Å²) in [5.41, 5.74) is 7.14. The molecule has 0 aromatic heterocycles. The third-order valence-corrected chi connectivity index (χ3v) is 6.39. The van der Waals surface area contributed by atoms with Crippen molar-refractivity contribution in [2.75, 3.05) is 38.0 Å². The average molecular weight is 452 g/mol. The highest BCUT2D eigenvalue weighted by molar-refractivity contribution is 7.98. The molecule has 0 saturated carbocycles. The van der Waals surface area contributed by atoms with Gasteiger partial charge >= 0.3 is 5.97 Å². The highest BCUT2D eigenvalue weighted by Crippen LogP contribution is 2.31. The van der Waals surface area contributed by atoms with Crippen LogP contribution in [-0.4, -0.2) is 72.9 Å². The second-order valence-corrected chi connectivity index (χ2v) is 8.80. The van der Waals surface area contributed by atoms with Crippen LogP contribution in [-0.2, 0) is 14.3 Å². The van der Waals surface area contributed by atoms with Gasteiger partial charge in [0.2, 0.25) is 5.91 Å². The first-order valence-electron chi connectivity index (χ1n) is 10.2. The number of hydrogen-bond donors (Lipinski definition) is 3. The van der Waals surface area contributed by atoms with Crippen LogP contribution in [0.1, 0.15) is 24.3 Å². The van der Waals surface area contributed by atoms with Crippen molar-refractivity contribution < 1.29 is 14.3 Å². The molecule has 0 bridgehead atoms. The molecule has 0 unspecified atom stereocenters. The van der Waals surface area contributed by atoms with E-state index in [1.807, 2.05) is 36.6 Å². The number of nitrogens with one attached hydrogen (secondary N) is 1. The molecule has 4 atom stereocenters. The predicted molar refractivity (Wildman–Crippen MR) is 127 cm³/mol. The normalized spacial score (nSPS) is 21.5. The van der Waals surface area contributed by atoms with Gasteiger partial charge in [-0.25, -0.2) is 4.79 Å². The van der Waals surface area contributed by atoms with Crippen molar-refractivity contribution in [3.8, 4) is 0 Å². The Hall–Kier alpha value is -1.48. The fraction of sp³-hybridized carbons (Fsp3) is 0.545. The molecule has 1 aromatic rings. The number of thioether (sulfide) groups is 1. The number of carbonyl (C=O) groups is 2. The molecule has 8 heteroatoms. The Morgan fingerprint density at radius 1 is 1.40 bits per heavy atom. The minimum absolute atomic E-state index is 0.108. The van der Waals surface area contributed by atoms with E-state index in [2.05, 4.69) is 35.0 Å². The highest BCUT2D eigenvalue weighted by Gasteiger charge is 2.38. The lowest BCUT2D eigenvalue weighted by Gasteiger charge is -2.24. The lowest BCUT2D eigenvalue weighted by atomic mass is 9.96. The van der Waals surface area contributed by atoms with Gasteiger partial charge in [-0.15, -0.1) is 0 Å². The summed E-state index contributed by atoms with van der Waals surface area (Å²) in [5.74, 6) is 1.07. The zero-order valence-electron chi connectivity index (χ0n) is 17.7. The molecule has 1 saturated heterocycles. The first-order valence-corrected chi connectivity index (χ1v) is 12.2. The van der Waals surface area contributed by atoms with Crippen LogP contribution >= 0.6 is 24.4 Å². The van der Waals surface area contributed by atoms with E-state index < -0.39 is 12.0 Å². The molecule has 166 valence electrons. The number of esters is 1. The maximum absolute atomic E-state index is 13.2. The summed E-state index contributed by atoms with van der Waals surface area (Å²) in [4.78, 5) is 27.4. The first kappa shape index (κ1) is 24.8. The van der Waals surface area contributed by atoms with Crippen molar-refractivity contribution in [2.45, 2.75) is 36.9 Å². The fourth-order valence-corrected chi connectivity index (χ4v) is 4.26. The van der Waals surface area contributed by atoms with Gasteiger partial charge in [0.1, 0.15) is 6.04 Å². The molecule has 30 heavy (non-hydrogen) atoms. The third-order valence-electron chi connectivity index (χ3n) is 5.32. The van der Waals surface area contributed by atoms with E-state index in [1.54, 1.807) is 11.8 Å². The van der Waals surface area contributed by atoms with Gasteiger partial charge in [0, 0.05) is 24.9 Å². The van der Waals surface area contributed by atoms with Crippen LogP contribution in [0.2, 0.25) is 0 Å². The molecule has 1 amide bonds. The number of hydrogen-bond acceptors (Lipinski definition) is 7. The van der Waals surface area contributed by atoms with E-state index in [0.29, 0.717) is 25.1 Å². The van der Waals surface area contributed by atoms with Crippen LogP contribution in [0.5, 0.6) is 0 Å². The number of nitrogens with zero attached hydrogens (tertiary/aromatic N) is 1. The number of rotatable bonds is 11. The van der Waals surface area contributed by atoms with Crippen LogP contribution in [0.4, 0.5) is 0 Å². The molecule has 6 nitrogen and oxygen atoms in total. The summed E-state index contributed by atoms with van der Waals surface area (Å²) in [6.07, 6.45) is 7.15. The van der Waals surface area contributed by atoms with Gasteiger partial charge in [0.25, 0.3) is 0 Å². The van der Waals surface area contributed by atoms with E-state index in [9.17, 15) is 9.59 Å². The van der Waals surface area contributed by atoms with Gasteiger partial charge < -0.3 is 15.8 Å². The molecule has 2 rings (SSSR count). The number of benzene rings is 1. The van der Waals surface area contributed by atoms with Crippen LogP contribution in [0.3, 0.4) is 0 Å². The Balaban J connectivity index is 2.13. The summed E-state index contributed by atoms with van der Waals surface area (Å²) in [7, 11) is 1.35. The Kier molecular flexibility index (Phi) is 10.8. The molecule has 1 aliphatic rings. The molecule has 0 radical (unpaired) electrons. The van der Waals surface area contributed by atoms with Crippen LogP contribution < -0.4 is 11.1 Å². The van der Waals surface area contributed by atoms with Gasteiger partial charge in [-0.2, -0.15) is 24.4 Å². The van der Waals surface area contributed by atoms with Crippen molar-refractivity contribution in [3.63, 3.8) is 0 Å². The molecule has 1 fully saturated rings. The molecule has 1 heterocycles. The van der Waals surface area contributed by atoms with Crippen LogP contribution in [0.15, 0.2) is 42.5 Å². The van der Waals surface area contributed by atoms with Crippen LogP contribution in [0, 0.1) is 0 Å². The summed E-state index contributed by atoms with van der Waals surface area (Å²) in [5, 5.41) is 2.93. The molecule has 0 aliphatic carbocycles. The number of thiol groups is 1. The van der Waals surface area contributed by atoms with E-state index in [-0.39, 0.29) is 23.9 Å². The molecule has 3 N–H and O–H groups in total. The summed E-state index contributed by atoms with van der Waals surface area (Å²) in [6.45, 7) is 1.40. The van der Waals surface area contributed by atoms with Gasteiger partial charge in [-0.1, -0.05) is 42.5 Å². The highest BCUT2D eigenvalue weighted by atomic mass is 32.2. The average Bonchev–Trinajstić information content (AvgIpc) is 3.20. The quantitative estimate of drug-likeness (QED) is 0.271. The van der Waals surface area contributed by atoms with Gasteiger partial charge in [0.05, 0.1) is 13.2 Å². The van der Waals surface area contributed by atoms with Crippen LogP contribution in [0.25, 0.3) is 0 Å². The van der Waals surface area contributed by atoms with E-state index in [0.717, 1.165) is 12.3 Å². The number of ether oxygens (including phenoxy) is 1. The largest absolute Gasteiger partial charge is 0.467 e. The number of carbonyl (C=O) groups excluding carboxylic acids is 2. The minimum Gasteiger partial charge on any atom is -0.467 e. The number of likely N-dealkylation sites (tertiary alicyclic amines) is 1. The topological polar surface area (TPSA) is 84.7 Å². The van der Waals surface area contributed by atoms with Crippen molar-refractivity contribution in [3.05, 3.63) is 48.0 Å². The summed E-state index contributed by atoms with van der Waals surface area (Å²) in [6, 6.07) is 9.20. The second kappa shape index (κ2) is 13.0. The predicted octanol–water partition coefficient (Wildman–Crippen LogP) is 2.07. The molecular formula is C22H33N3O3S2. The molecule has 1 aliphatic heterocycles. The lowest BCUT2D eigenvalue weighted by Crippen LogP contribution is -2.50. The zero-order chi connectivity index (χ0) is 21.9. The van der Waals surface area contributed by atoms with Gasteiger partial charge in [-0.3, -0.25) is 9.69 Å². The van der Waals surface area contributed by atoms with Crippen molar-refractivity contribution in [1.82, 2.24) is 10.2 Å². The monoisotopic (exact) mass is 451 g/mol. The zero-order valence-corrected chi connectivity index (χ0v) is 19.4. The number of methoxy groups -OCH3 is 1. The Labute approximate surface area is 189 Å². The second-order valence-electron chi connectivity index (χ2n) is 7.45. The van der Waals surface area contributed by atoms with E-state index >= 15 is 0 Å². The number of amides is 1.